The first-order valence-electron chi connectivity index (χ1n) is 6.98. The zero-order valence-electron chi connectivity index (χ0n) is 13.2. The molecule has 0 spiro atoms. The summed E-state index contributed by atoms with van der Waals surface area (Å²) in [4.78, 5) is 26.1. The van der Waals surface area contributed by atoms with Crippen LogP contribution in [0.25, 0.3) is 5.76 Å². The number of ketones is 1. The number of hydrogen-bond acceptors (Lipinski definition) is 3. The van der Waals surface area contributed by atoms with E-state index in [-0.39, 0.29) is 23.7 Å². The van der Waals surface area contributed by atoms with Crippen LogP contribution >= 0.6 is 0 Å². The van der Waals surface area contributed by atoms with Gasteiger partial charge in [-0.1, -0.05) is 17.2 Å². The monoisotopic (exact) mass is 287 g/mol. The van der Waals surface area contributed by atoms with Crippen LogP contribution in [0.15, 0.2) is 23.8 Å². The van der Waals surface area contributed by atoms with Gasteiger partial charge >= 0.3 is 0 Å². The van der Waals surface area contributed by atoms with Gasteiger partial charge in [0.2, 0.25) is 0 Å². The van der Waals surface area contributed by atoms with Gasteiger partial charge in [0.1, 0.15) is 11.3 Å². The lowest BCUT2D eigenvalue weighted by atomic mass is 10.0. The molecule has 4 nitrogen and oxygen atoms in total. The van der Waals surface area contributed by atoms with E-state index in [1.807, 2.05) is 40.7 Å². The third kappa shape index (κ3) is 2.84. The van der Waals surface area contributed by atoms with E-state index in [1.54, 1.807) is 12.1 Å². The Bertz CT molecular complexity index is 630. The average Bonchev–Trinajstić information content (AvgIpc) is 2.62. The Labute approximate surface area is 125 Å². The molecule has 1 aliphatic heterocycles. The molecule has 1 amide bonds. The van der Waals surface area contributed by atoms with Crippen LogP contribution < -0.4 is 0 Å². The van der Waals surface area contributed by atoms with Gasteiger partial charge in [-0.05, 0) is 46.8 Å². The molecule has 0 saturated carbocycles. The van der Waals surface area contributed by atoms with Gasteiger partial charge in [-0.15, -0.1) is 0 Å². The fourth-order valence-corrected chi connectivity index (χ4v) is 2.58. The van der Waals surface area contributed by atoms with Crippen molar-refractivity contribution < 1.29 is 14.7 Å². The molecule has 1 N–H and O–H groups in total. The van der Waals surface area contributed by atoms with Crippen molar-refractivity contribution in [3.63, 3.8) is 0 Å². The number of aliphatic hydroxyl groups excluding tert-OH is 1. The number of hydrogen-bond donors (Lipinski definition) is 1. The fraction of sp³-hybridized carbons (Fsp3) is 0.412. The SMILES string of the molecule is Cc1cc(C)cc(/C(O)=C2\C(=O)CN(C(C)(C)C)C2=O)c1. The zero-order valence-corrected chi connectivity index (χ0v) is 13.2. The normalized spacial score (nSPS) is 18.4. The maximum absolute atomic E-state index is 12.4. The Morgan fingerprint density at radius 2 is 1.62 bits per heavy atom. The third-order valence-corrected chi connectivity index (χ3v) is 3.58. The molecule has 2 rings (SSSR count). The van der Waals surface area contributed by atoms with Gasteiger partial charge in [-0.2, -0.15) is 0 Å². The third-order valence-electron chi connectivity index (χ3n) is 3.58. The van der Waals surface area contributed by atoms with E-state index in [2.05, 4.69) is 0 Å². The molecule has 112 valence electrons. The average molecular weight is 287 g/mol. The van der Waals surface area contributed by atoms with Crippen LogP contribution in [-0.4, -0.2) is 33.8 Å². The van der Waals surface area contributed by atoms with Crippen molar-refractivity contribution in [3.05, 3.63) is 40.5 Å². The first-order valence-corrected chi connectivity index (χ1v) is 6.98. The molecule has 1 saturated heterocycles. The van der Waals surface area contributed by atoms with Crippen molar-refractivity contribution in [1.29, 1.82) is 0 Å². The van der Waals surface area contributed by atoms with Crippen molar-refractivity contribution in [2.24, 2.45) is 0 Å². The summed E-state index contributed by atoms with van der Waals surface area (Å²) < 4.78 is 0. The Balaban J connectivity index is 2.52. The van der Waals surface area contributed by atoms with Crippen LogP contribution in [0.2, 0.25) is 0 Å². The van der Waals surface area contributed by atoms with E-state index >= 15 is 0 Å². The zero-order chi connectivity index (χ0) is 15.9. The van der Waals surface area contributed by atoms with Gasteiger partial charge < -0.3 is 10.0 Å². The highest BCUT2D eigenvalue weighted by atomic mass is 16.3. The molecule has 4 heteroatoms. The first kappa shape index (κ1) is 15.3. The standard InChI is InChI=1S/C17H21NO3/c1-10-6-11(2)8-12(7-10)15(20)14-13(19)9-18(16(14)21)17(3,4)5/h6-8,20H,9H2,1-5H3/b15-14-. The van der Waals surface area contributed by atoms with Gasteiger partial charge in [-0.25, -0.2) is 0 Å². The molecule has 1 aromatic carbocycles. The molecule has 1 aliphatic rings. The highest BCUT2D eigenvalue weighted by Crippen LogP contribution is 2.28. The summed E-state index contributed by atoms with van der Waals surface area (Å²) in [5, 5.41) is 10.4. The van der Waals surface area contributed by atoms with E-state index in [1.165, 1.54) is 4.90 Å². The molecule has 0 aromatic heterocycles. The van der Waals surface area contributed by atoms with E-state index in [9.17, 15) is 14.7 Å². The van der Waals surface area contributed by atoms with Crippen molar-refractivity contribution >= 4 is 17.4 Å². The van der Waals surface area contributed by atoms with Crippen LogP contribution in [0, 0.1) is 13.8 Å². The number of carbonyl (C=O) groups excluding carboxylic acids is 2. The second-order valence-electron chi connectivity index (χ2n) is 6.59. The Kier molecular flexibility index (Phi) is 3.66. The second-order valence-corrected chi connectivity index (χ2v) is 6.59. The molecule has 0 radical (unpaired) electrons. The number of nitrogens with zero attached hydrogens (tertiary/aromatic N) is 1. The lowest BCUT2D eigenvalue weighted by Gasteiger charge is -2.30. The topological polar surface area (TPSA) is 57.6 Å². The smallest absolute Gasteiger partial charge is 0.262 e. The van der Waals surface area contributed by atoms with Crippen molar-refractivity contribution in [2.45, 2.75) is 40.2 Å². The van der Waals surface area contributed by atoms with Gasteiger partial charge in [0.25, 0.3) is 5.91 Å². The van der Waals surface area contributed by atoms with E-state index in [0.29, 0.717) is 5.56 Å². The van der Waals surface area contributed by atoms with Crippen LogP contribution in [0.4, 0.5) is 0 Å². The van der Waals surface area contributed by atoms with E-state index in [4.69, 9.17) is 0 Å². The highest BCUT2D eigenvalue weighted by molar-refractivity contribution is 6.28. The predicted octanol–water partition coefficient (Wildman–Crippen LogP) is 2.78. The Morgan fingerprint density at radius 3 is 2.05 bits per heavy atom. The summed E-state index contributed by atoms with van der Waals surface area (Å²) in [6.07, 6.45) is 0. The van der Waals surface area contributed by atoms with Crippen LogP contribution in [0.1, 0.15) is 37.5 Å². The summed E-state index contributed by atoms with van der Waals surface area (Å²) in [6, 6.07) is 5.52. The number of amides is 1. The molecule has 0 aliphatic carbocycles. The molecule has 0 atom stereocenters. The largest absolute Gasteiger partial charge is 0.506 e. The number of aliphatic hydroxyl groups is 1. The van der Waals surface area contributed by atoms with Crippen molar-refractivity contribution in [3.8, 4) is 0 Å². The fourth-order valence-electron chi connectivity index (χ4n) is 2.58. The highest BCUT2D eigenvalue weighted by Gasteiger charge is 2.41. The number of Topliss-reactive ketones (excluding diaryl/α,β-unsaturated/α-hetero) is 1. The minimum atomic E-state index is -0.447. The number of carbonyl (C=O) groups is 2. The maximum Gasteiger partial charge on any atom is 0.262 e. The molecular weight excluding hydrogens is 266 g/mol. The van der Waals surface area contributed by atoms with Crippen LogP contribution in [0.5, 0.6) is 0 Å². The summed E-state index contributed by atoms with van der Waals surface area (Å²) in [5.74, 6) is -0.945. The van der Waals surface area contributed by atoms with Crippen LogP contribution in [-0.2, 0) is 9.59 Å². The quantitative estimate of drug-likeness (QED) is 0.491. The summed E-state index contributed by atoms with van der Waals surface area (Å²) in [6.45, 7) is 9.45. The summed E-state index contributed by atoms with van der Waals surface area (Å²) in [5.41, 5.74) is 1.91. The molecular formula is C17H21NO3. The lowest BCUT2D eigenvalue weighted by Crippen LogP contribution is -2.42. The summed E-state index contributed by atoms with van der Waals surface area (Å²) >= 11 is 0. The second kappa shape index (κ2) is 5.02. The van der Waals surface area contributed by atoms with Crippen LogP contribution in [0.3, 0.4) is 0 Å². The first-order chi connectivity index (χ1) is 9.61. The minimum Gasteiger partial charge on any atom is -0.506 e. The molecule has 0 bridgehead atoms. The van der Waals surface area contributed by atoms with Gasteiger partial charge in [-0.3, -0.25) is 9.59 Å². The van der Waals surface area contributed by atoms with Gasteiger partial charge in [0, 0.05) is 11.1 Å². The molecule has 1 fully saturated rings. The van der Waals surface area contributed by atoms with Gasteiger partial charge in [0.15, 0.2) is 5.78 Å². The van der Waals surface area contributed by atoms with Crippen molar-refractivity contribution in [1.82, 2.24) is 4.90 Å². The predicted molar refractivity (Wildman–Crippen MR) is 81.9 cm³/mol. The molecule has 21 heavy (non-hydrogen) atoms. The molecule has 1 aromatic rings. The molecule has 1 heterocycles. The number of benzene rings is 1. The number of likely N-dealkylation sites (tertiary alicyclic amines) is 1. The molecule has 0 unspecified atom stereocenters. The Morgan fingerprint density at radius 1 is 1.10 bits per heavy atom. The Hall–Kier alpha value is -2.10. The van der Waals surface area contributed by atoms with E-state index < -0.39 is 11.4 Å². The summed E-state index contributed by atoms with van der Waals surface area (Å²) in [7, 11) is 0. The number of aryl methyl sites for hydroxylation is 2. The lowest BCUT2D eigenvalue weighted by molar-refractivity contribution is -0.129. The minimum absolute atomic E-state index is 0.0204. The van der Waals surface area contributed by atoms with Gasteiger partial charge in [0.05, 0.1) is 6.54 Å². The van der Waals surface area contributed by atoms with E-state index in [0.717, 1.165) is 11.1 Å². The number of rotatable bonds is 1. The van der Waals surface area contributed by atoms with Crippen molar-refractivity contribution in [2.75, 3.05) is 6.54 Å². The maximum atomic E-state index is 12.4.